The minimum absolute atomic E-state index is 0.198. The standard InChI is InChI=1S/C19H23N5O/c1-2-22-11-15(17-7-3-4-8-18(17)22)10-19(25)23-9-5-6-16(12-23)24-14-20-13-21-24/h3-4,7-8,11,13-14,16H,2,5-6,9-10,12H2,1H3. The first-order valence-corrected chi connectivity index (χ1v) is 8.95. The molecule has 130 valence electrons. The van der Waals surface area contributed by atoms with E-state index in [0.717, 1.165) is 31.5 Å². The summed E-state index contributed by atoms with van der Waals surface area (Å²) in [6.45, 7) is 4.59. The lowest BCUT2D eigenvalue weighted by Crippen LogP contribution is -2.41. The fourth-order valence-corrected chi connectivity index (χ4v) is 3.80. The van der Waals surface area contributed by atoms with Crippen LogP contribution in [0.1, 0.15) is 31.4 Å². The Hall–Kier alpha value is -2.63. The number of benzene rings is 1. The molecule has 3 heterocycles. The van der Waals surface area contributed by atoms with Gasteiger partial charge in [-0.05, 0) is 31.4 Å². The topological polar surface area (TPSA) is 56.0 Å². The highest BCUT2D eigenvalue weighted by Gasteiger charge is 2.25. The van der Waals surface area contributed by atoms with Crippen LogP contribution in [0.5, 0.6) is 0 Å². The Balaban J connectivity index is 1.52. The Morgan fingerprint density at radius 1 is 1.32 bits per heavy atom. The maximum atomic E-state index is 12.9. The van der Waals surface area contributed by atoms with E-state index in [1.165, 1.54) is 10.9 Å². The van der Waals surface area contributed by atoms with Gasteiger partial charge in [-0.2, -0.15) is 5.10 Å². The summed E-state index contributed by atoms with van der Waals surface area (Å²) < 4.78 is 4.09. The highest BCUT2D eigenvalue weighted by Crippen LogP contribution is 2.24. The van der Waals surface area contributed by atoms with Crippen molar-refractivity contribution in [3.63, 3.8) is 0 Å². The number of hydrogen-bond donors (Lipinski definition) is 0. The van der Waals surface area contributed by atoms with Gasteiger partial charge in [0, 0.05) is 36.7 Å². The number of likely N-dealkylation sites (tertiary alicyclic amines) is 1. The highest BCUT2D eigenvalue weighted by molar-refractivity contribution is 5.89. The molecule has 6 heteroatoms. The SMILES string of the molecule is CCn1cc(CC(=O)N2CCCC(n3cncn3)C2)c2ccccc21. The van der Waals surface area contributed by atoms with Crippen molar-refractivity contribution in [3.8, 4) is 0 Å². The van der Waals surface area contributed by atoms with E-state index in [4.69, 9.17) is 0 Å². The number of piperidine rings is 1. The van der Waals surface area contributed by atoms with E-state index in [1.54, 1.807) is 12.7 Å². The zero-order chi connectivity index (χ0) is 17.2. The smallest absolute Gasteiger partial charge is 0.227 e. The van der Waals surface area contributed by atoms with Crippen molar-refractivity contribution in [1.82, 2.24) is 24.2 Å². The monoisotopic (exact) mass is 337 g/mol. The van der Waals surface area contributed by atoms with Gasteiger partial charge in [0.1, 0.15) is 12.7 Å². The first kappa shape index (κ1) is 15.9. The Labute approximate surface area is 147 Å². The van der Waals surface area contributed by atoms with E-state index >= 15 is 0 Å². The van der Waals surface area contributed by atoms with Gasteiger partial charge in [-0.1, -0.05) is 18.2 Å². The summed E-state index contributed by atoms with van der Waals surface area (Å²) in [4.78, 5) is 18.9. The predicted octanol–water partition coefficient (Wildman–Crippen LogP) is 2.66. The molecule has 1 unspecified atom stereocenters. The number of carbonyl (C=O) groups excluding carboxylic acids is 1. The third-order valence-electron chi connectivity index (χ3n) is 5.11. The summed E-state index contributed by atoms with van der Waals surface area (Å²) in [6, 6.07) is 8.55. The largest absolute Gasteiger partial charge is 0.347 e. The number of nitrogens with zero attached hydrogens (tertiary/aromatic N) is 5. The number of rotatable bonds is 4. The summed E-state index contributed by atoms with van der Waals surface area (Å²) in [5, 5.41) is 5.42. The van der Waals surface area contributed by atoms with Crippen LogP contribution < -0.4 is 0 Å². The normalized spacial score (nSPS) is 18.0. The summed E-state index contributed by atoms with van der Waals surface area (Å²) in [6.07, 6.45) is 7.93. The molecule has 0 spiro atoms. The number of aromatic nitrogens is 4. The van der Waals surface area contributed by atoms with E-state index < -0.39 is 0 Å². The average molecular weight is 337 g/mol. The first-order chi connectivity index (χ1) is 12.3. The van der Waals surface area contributed by atoms with Gasteiger partial charge in [-0.15, -0.1) is 0 Å². The molecule has 1 amide bonds. The number of aryl methyl sites for hydroxylation is 1. The molecule has 0 aliphatic carbocycles. The Morgan fingerprint density at radius 3 is 3.00 bits per heavy atom. The minimum Gasteiger partial charge on any atom is -0.347 e. The summed E-state index contributed by atoms with van der Waals surface area (Å²) in [7, 11) is 0. The molecule has 1 atom stereocenters. The molecule has 1 aromatic carbocycles. The number of amides is 1. The van der Waals surface area contributed by atoms with Gasteiger partial charge in [0.05, 0.1) is 12.5 Å². The van der Waals surface area contributed by atoms with Crippen molar-refractivity contribution in [2.45, 2.75) is 38.8 Å². The number of hydrogen-bond acceptors (Lipinski definition) is 3. The molecule has 6 nitrogen and oxygen atoms in total. The quantitative estimate of drug-likeness (QED) is 0.735. The molecule has 0 radical (unpaired) electrons. The molecule has 1 aliphatic rings. The van der Waals surface area contributed by atoms with E-state index in [9.17, 15) is 4.79 Å². The molecule has 2 aromatic heterocycles. The molecule has 1 fully saturated rings. The molecule has 1 saturated heterocycles. The second-order valence-electron chi connectivity index (χ2n) is 6.65. The molecule has 25 heavy (non-hydrogen) atoms. The fraction of sp³-hybridized carbons (Fsp3) is 0.421. The average Bonchev–Trinajstić information content (AvgIpc) is 3.30. The van der Waals surface area contributed by atoms with E-state index in [1.807, 2.05) is 21.7 Å². The Kier molecular flexibility index (Phi) is 4.26. The van der Waals surface area contributed by atoms with Crippen molar-refractivity contribution in [1.29, 1.82) is 0 Å². The molecule has 1 aliphatic heterocycles. The molecule has 0 saturated carbocycles. The van der Waals surface area contributed by atoms with Crippen LogP contribution in [0.15, 0.2) is 43.1 Å². The van der Waals surface area contributed by atoms with Crippen LogP contribution in [0.25, 0.3) is 10.9 Å². The lowest BCUT2D eigenvalue weighted by Gasteiger charge is -2.32. The van der Waals surface area contributed by atoms with Crippen LogP contribution >= 0.6 is 0 Å². The summed E-state index contributed by atoms with van der Waals surface area (Å²) in [5.41, 5.74) is 2.32. The van der Waals surface area contributed by atoms with Crippen molar-refractivity contribution in [2.75, 3.05) is 13.1 Å². The first-order valence-electron chi connectivity index (χ1n) is 8.95. The lowest BCUT2D eigenvalue weighted by molar-refractivity contribution is -0.132. The predicted molar refractivity (Wildman–Crippen MR) is 96.2 cm³/mol. The third kappa shape index (κ3) is 3.04. The molecular weight excluding hydrogens is 314 g/mol. The zero-order valence-corrected chi connectivity index (χ0v) is 14.5. The van der Waals surface area contributed by atoms with Crippen molar-refractivity contribution in [3.05, 3.63) is 48.7 Å². The van der Waals surface area contributed by atoms with E-state index in [-0.39, 0.29) is 11.9 Å². The van der Waals surface area contributed by atoms with Crippen LogP contribution in [0.2, 0.25) is 0 Å². The number of carbonyl (C=O) groups is 1. The van der Waals surface area contributed by atoms with Gasteiger partial charge in [-0.25, -0.2) is 9.67 Å². The maximum absolute atomic E-state index is 12.9. The number of para-hydroxylation sites is 1. The van der Waals surface area contributed by atoms with Gasteiger partial charge >= 0.3 is 0 Å². The molecule has 0 bridgehead atoms. The van der Waals surface area contributed by atoms with Gasteiger partial charge in [0.2, 0.25) is 5.91 Å². The molecule has 0 N–H and O–H groups in total. The van der Waals surface area contributed by atoms with E-state index in [2.05, 4.69) is 39.9 Å². The highest BCUT2D eigenvalue weighted by atomic mass is 16.2. The van der Waals surface area contributed by atoms with Crippen LogP contribution in [0.3, 0.4) is 0 Å². The molecule has 4 rings (SSSR count). The zero-order valence-electron chi connectivity index (χ0n) is 14.5. The van der Waals surface area contributed by atoms with Crippen molar-refractivity contribution in [2.24, 2.45) is 0 Å². The van der Waals surface area contributed by atoms with Gasteiger partial charge < -0.3 is 9.47 Å². The second kappa shape index (κ2) is 6.70. The maximum Gasteiger partial charge on any atom is 0.227 e. The van der Waals surface area contributed by atoms with Crippen LogP contribution in [0.4, 0.5) is 0 Å². The summed E-state index contributed by atoms with van der Waals surface area (Å²) >= 11 is 0. The van der Waals surface area contributed by atoms with Gasteiger partial charge in [0.15, 0.2) is 0 Å². The Bertz CT molecular complexity index is 867. The van der Waals surface area contributed by atoms with Crippen LogP contribution in [0, 0.1) is 0 Å². The molecule has 3 aromatic rings. The van der Waals surface area contributed by atoms with Crippen LogP contribution in [-0.4, -0.2) is 43.2 Å². The Morgan fingerprint density at radius 2 is 2.20 bits per heavy atom. The van der Waals surface area contributed by atoms with Crippen molar-refractivity contribution >= 4 is 16.8 Å². The number of fused-ring (bicyclic) bond motifs is 1. The second-order valence-corrected chi connectivity index (χ2v) is 6.65. The van der Waals surface area contributed by atoms with Gasteiger partial charge in [0.25, 0.3) is 0 Å². The van der Waals surface area contributed by atoms with Crippen molar-refractivity contribution < 1.29 is 4.79 Å². The van der Waals surface area contributed by atoms with Gasteiger partial charge in [-0.3, -0.25) is 4.79 Å². The molecular formula is C19H23N5O. The summed E-state index contributed by atoms with van der Waals surface area (Å²) in [5.74, 6) is 0.198. The minimum atomic E-state index is 0.198. The van der Waals surface area contributed by atoms with E-state index in [0.29, 0.717) is 13.0 Å². The lowest BCUT2D eigenvalue weighted by atomic mass is 10.0. The fourth-order valence-electron chi connectivity index (χ4n) is 3.80. The van der Waals surface area contributed by atoms with Crippen LogP contribution in [-0.2, 0) is 17.8 Å². The third-order valence-corrected chi connectivity index (χ3v) is 5.11.